The maximum Gasteiger partial charge on any atom is 0.249 e. The fourth-order valence-electron chi connectivity index (χ4n) is 3.56. The smallest absolute Gasteiger partial charge is 0.249 e. The Bertz CT molecular complexity index is 1220. The predicted molar refractivity (Wildman–Crippen MR) is 117 cm³/mol. The maximum atomic E-state index is 11.8. The van der Waals surface area contributed by atoms with E-state index in [0.29, 0.717) is 29.4 Å². The van der Waals surface area contributed by atoms with Crippen molar-refractivity contribution in [2.45, 2.75) is 26.5 Å². The summed E-state index contributed by atoms with van der Waals surface area (Å²) >= 11 is 0. The van der Waals surface area contributed by atoms with Gasteiger partial charge in [0.15, 0.2) is 0 Å². The molecule has 0 radical (unpaired) electrons. The summed E-state index contributed by atoms with van der Waals surface area (Å²) in [5.74, 6) is 0.531. The Kier molecular flexibility index (Phi) is 5.20. The van der Waals surface area contributed by atoms with Crippen LogP contribution in [0.2, 0.25) is 0 Å². The topological polar surface area (TPSA) is 106 Å². The third-order valence-electron chi connectivity index (χ3n) is 5.05. The first-order valence-electron chi connectivity index (χ1n) is 9.69. The monoisotopic (exact) mass is 401 g/mol. The molecule has 0 aliphatic carbocycles. The molecule has 7 heteroatoms. The van der Waals surface area contributed by atoms with Crippen LogP contribution in [-0.4, -0.2) is 25.5 Å². The molecule has 4 rings (SSSR count). The third-order valence-corrected chi connectivity index (χ3v) is 5.05. The number of nitrogens with one attached hydrogen (secondary N) is 1. The van der Waals surface area contributed by atoms with Gasteiger partial charge in [-0.15, -0.1) is 0 Å². The molecule has 4 aromatic rings. The van der Waals surface area contributed by atoms with Gasteiger partial charge in [0.25, 0.3) is 0 Å². The first kappa shape index (κ1) is 19.6. The first-order chi connectivity index (χ1) is 14.5. The second-order valence-electron chi connectivity index (χ2n) is 7.21. The number of primary amides is 1. The lowest BCUT2D eigenvalue weighted by Gasteiger charge is -2.15. The molecule has 1 atom stereocenters. The van der Waals surface area contributed by atoms with Gasteiger partial charge >= 0.3 is 0 Å². The molecular formula is C23H23N5O2. The van der Waals surface area contributed by atoms with E-state index in [1.807, 2.05) is 54.0 Å². The van der Waals surface area contributed by atoms with Crippen molar-refractivity contribution in [3.63, 3.8) is 0 Å². The molecule has 2 aromatic heterocycles. The molecule has 0 aliphatic rings. The number of aryl methyl sites for hydroxylation is 1. The number of carbonyl (C=O) groups is 1. The van der Waals surface area contributed by atoms with E-state index in [2.05, 4.69) is 10.3 Å². The molecule has 0 saturated carbocycles. The van der Waals surface area contributed by atoms with E-state index in [4.69, 9.17) is 10.7 Å². The molecule has 30 heavy (non-hydrogen) atoms. The molecule has 0 bridgehead atoms. The maximum absolute atomic E-state index is 11.8. The van der Waals surface area contributed by atoms with Gasteiger partial charge in [-0.3, -0.25) is 9.36 Å². The normalized spacial score (nSPS) is 12.1. The lowest BCUT2D eigenvalue weighted by Crippen LogP contribution is -2.12. The number of hydrogen-bond donors (Lipinski definition) is 3. The molecule has 0 aliphatic heterocycles. The summed E-state index contributed by atoms with van der Waals surface area (Å²) in [6.07, 6.45) is 0.907. The number of amides is 1. The van der Waals surface area contributed by atoms with Crippen molar-refractivity contribution in [3.8, 4) is 5.95 Å². The highest BCUT2D eigenvalue weighted by atomic mass is 16.3. The largest absolute Gasteiger partial charge is 0.389 e. The number of aliphatic hydroxyl groups is 1. The van der Waals surface area contributed by atoms with E-state index in [1.54, 1.807) is 25.3 Å². The number of nitrogens with two attached hydrogens (primary N) is 1. The number of carbonyl (C=O) groups excluding carboxylic acids is 1. The molecule has 0 spiro atoms. The number of hydrogen-bond acceptors (Lipinski definition) is 5. The summed E-state index contributed by atoms with van der Waals surface area (Å²) < 4.78 is 1.88. The van der Waals surface area contributed by atoms with Crippen LogP contribution < -0.4 is 11.1 Å². The van der Waals surface area contributed by atoms with Crippen molar-refractivity contribution in [1.29, 1.82) is 0 Å². The van der Waals surface area contributed by atoms with Crippen LogP contribution in [-0.2, 0) is 6.54 Å². The summed E-state index contributed by atoms with van der Waals surface area (Å²) in [4.78, 5) is 21.0. The van der Waals surface area contributed by atoms with Gasteiger partial charge < -0.3 is 16.2 Å². The quantitative estimate of drug-likeness (QED) is 0.459. The molecule has 152 valence electrons. The standard InChI is InChI=1S/C23H23N5O2/c1-14-11-18-17(21(24)30)9-6-10-20(18)28(14)23-26-13-19(15(2)29)22(27-23)25-12-16-7-4-3-5-8-16/h3-11,13,15,29H,12H2,1-2H3,(H2,24,30)(H,25,26,27). The summed E-state index contributed by atoms with van der Waals surface area (Å²) in [5.41, 5.74) is 9.37. The third kappa shape index (κ3) is 3.62. The van der Waals surface area contributed by atoms with E-state index < -0.39 is 12.0 Å². The lowest BCUT2D eigenvalue weighted by atomic mass is 10.1. The van der Waals surface area contributed by atoms with Gasteiger partial charge in [0.2, 0.25) is 11.9 Å². The zero-order valence-corrected chi connectivity index (χ0v) is 16.8. The van der Waals surface area contributed by atoms with Crippen LogP contribution in [0.4, 0.5) is 5.82 Å². The molecule has 0 fully saturated rings. The van der Waals surface area contributed by atoms with E-state index in [-0.39, 0.29) is 0 Å². The molecule has 1 unspecified atom stereocenters. The van der Waals surface area contributed by atoms with Crippen LogP contribution in [0.3, 0.4) is 0 Å². The molecule has 4 N–H and O–H groups in total. The highest BCUT2D eigenvalue weighted by Gasteiger charge is 2.17. The number of nitrogens with zero attached hydrogens (tertiary/aromatic N) is 3. The highest BCUT2D eigenvalue weighted by Crippen LogP contribution is 2.27. The van der Waals surface area contributed by atoms with Crippen LogP contribution in [0.25, 0.3) is 16.9 Å². The zero-order valence-electron chi connectivity index (χ0n) is 16.8. The summed E-state index contributed by atoms with van der Waals surface area (Å²) in [6.45, 7) is 4.17. The minimum atomic E-state index is -0.721. The average molecular weight is 401 g/mol. The number of aromatic nitrogens is 3. The molecule has 0 saturated heterocycles. The van der Waals surface area contributed by atoms with Crippen molar-refractivity contribution in [1.82, 2.24) is 14.5 Å². The van der Waals surface area contributed by atoms with Crippen molar-refractivity contribution in [3.05, 3.63) is 83.2 Å². The van der Waals surface area contributed by atoms with Crippen molar-refractivity contribution in [2.75, 3.05) is 5.32 Å². The van der Waals surface area contributed by atoms with Gasteiger partial charge in [-0.2, -0.15) is 4.98 Å². The lowest BCUT2D eigenvalue weighted by molar-refractivity contribution is 0.100. The fourth-order valence-corrected chi connectivity index (χ4v) is 3.56. The highest BCUT2D eigenvalue weighted by molar-refractivity contribution is 6.06. The number of rotatable bonds is 6. The number of aliphatic hydroxyl groups excluding tert-OH is 1. The Morgan fingerprint density at radius 3 is 2.67 bits per heavy atom. The molecule has 7 nitrogen and oxygen atoms in total. The van der Waals surface area contributed by atoms with Crippen LogP contribution in [0.5, 0.6) is 0 Å². The molecular weight excluding hydrogens is 378 g/mol. The van der Waals surface area contributed by atoms with E-state index in [9.17, 15) is 9.90 Å². The Labute approximate surface area is 174 Å². The zero-order chi connectivity index (χ0) is 21.3. The number of anilines is 1. The number of fused-ring (bicyclic) bond motifs is 1. The Morgan fingerprint density at radius 2 is 1.97 bits per heavy atom. The van der Waals surface area contributed by atoms with Crippen LogP contribution in [0.15, 0.2) is 60.8 Å². The van der Waals surface area contributed by atoms with Gasteiger partial charge in [0, 0.05) is 34.9 Å². The second kappa shape index (κ2) is 7.96. The van der Waals surface area contributed by atoms with E-state index in [1.165, 1.54) is 0 Å². The summed E-state index contributed by atoms with van der Waals surface area (Å²) in [6, 6.07) is 17.3. The van der Waals surface area contributed by atoms with Crippen LogP contribution in [0, 0.1) is 6.92 Å². The molecule has 2 aromatic carbocycles. The van der Waals surface area contributed by atoms with Gasteiger partial charge in [-0.05, 0) is 37.6 Å². The SMILES string of the molecule is Cc1cc2c(C(N)=O)cccc2n1-c1ncc(C(C)O)c(NCc2ccccc2)n1. The first-order valence-corrected chi connectivity index (χ1v) is 9.69. The van der Waals surface area contributed by atoms with E-state index >= 15 is 0 Å². The van der Waals surface area contributed by atoms with Crippen LogP contribution >= 0.6 is 0 Å². The van der Waals surface area contributed by atoms with Crippen molar-refractivity contribution >= 4 is 22.6 Å². The predicted octanol–water partition coefficient (Wildman–Crippen LogP) is 3.49. The van der Waals surface area contributed by atoms with Crippen LogP contribution in [0.1, 0.15) is 40.2 Å². The average Bonchev–Trinajstić information content (AvgIpc) is 3.08. The summed E-state index contributed by atoms with van der Waals surface area (Å²) in [5, 5.41) is 14.2. The van der Waals surface area contributed by atoms with Gasteiger partial charge in [-0.25, -0.2) is 4.98 Å². The van der Waals surface area contributed by atoms with Gasteiger partial charge in [0.05, 0.1) is 11.6 Å². The minimum Gasteiger partial charge on any atom is -0.389 e. The summed E-state index contributed by atoms with van der Waals surface area (Å²) in [7, 11) is 0. The fraction of sp³-hybridized carbons (Fsp3) is 0.174. The minimum absolute atomic E-state index is 0.448. The Hall–Kier alpha value is -3.71. The second-order valence-corrected chi connectivity index (χ2v) is 7.21. The molecule has 2 heterocycles. The van der Waals surface area contributed by atoms with Gasteiger partial charge in [0.1, 0.15) is 5.82 Å². The Morgan fingerprint density at radius 1 is 1.20 bits per heavy atom. The van der Waals surface area contributed by atoms with Gasteiger partial charge in [-0.1, -0.05) is 36.4 Å². The van der Waals surface area contributed by atoms with Crippen molar-refractivity contribution < 1.29 is 9.90 Å². The van der Waals surface area contributed by atoms with E-state index in [0.717, 1.165) is 22.2 Å². The molecule has 1 amide bonds. The van der Waals surface area contributed by atoms with Crippen molar-refractivity contribution in [2.24, 2.45) is 5.73 Å². The number of benzene rings is 2. The Balaban J connectivity index is 1.79.